The number of carbonyl (C=O) groups is 1. The first kappa shape index (κ1) is 11.0. The Morgan fingerprint density at radius 1 is 1.57 bits per heavy atom. The lowest BCUT2D eigenvalue weighted by Crippen LogP contribution is -2.28. The first-order valence-electron chi connectivity index (χ1n) is 4.39. The lowest BCUT2D eigenvalue weighted by Gasteiger charge is -2.20. The molecule has 0 unspecified atom stereocenters. The van der Waals surface area contributed by atoms with Crippen LogP contribution in [-0.4, -0.2) is 12.5 Å². The summed E-state index contributed by atoms with van der Waals surface area (Å²) in [7, 11) is 0. The molecule has 0 aliphatic rings. The van der Waals surface area contributed by atoms with Crippen LogP contribution in [0.25, 0.3) is 0 Å². The molecule has 0 saturated carbocycles. The highest BCUT2D eigenvalue weighted by Crippen LogP contribution is 2.25. The molecule has 3 heteroatoms. The first-order chi connectivity index (χ1) is 6.70. The van der Waals surface area contributed by atoms with Crippen LogP contribution >= 0.6 is 15.9 Å². The SMILES string of the molecule is C=CC(=O)N(CC)c1ccccc1Br. The van der Waals surface area contributed by atoms with Crippen LogP contribution in [0.15, 0.2) is 41.4 Å². The van der Waals surface area contributed by atoms with E-state index in [0.29, 0.717) is 6.54 Å². The maximum Gasteiger partial charge on any atom is 0.250 e. The van der Waals surface area contributed by atoms with Crippen molar-refractivity contribution < 1.29 is 4.79 Å². The van der Waals surface area contributed by atoms with Gasteiger partial charge >= 0.3 is 0 Å². The fourth-order valence-electron chi connectivity index (χ4n) is 1.23. The van der Waals surface area contributed by atoms with E-state index in [4.69, 9.17) is 0 Å². The van der Waals surface area contributed by atoms with Crippen LogP contribution in [0.1, 0.15) is 6.92 Å². The topological polar surface area (TPSA) is 20.3 Å². The molecule has 0 saturated heterocycles. The Hall–Kier alpha value is -1.09. The summed E-state index contributed by atoms with van der Waals surface area (Å²) in [5.74, 6) is -0.0839. The molecular weight excluding hydrogens is 242 g/mol. The van der Waals surface area contributed by atoms with E-state index in [0.717, 1.165) is 10.2 Å². The molecule has 1 amide bonds. The quantitative estimate of drug-likeness (QED) is 0.759. The Kier molecular flexibility index (Phi) is 3.89. The molecule has 74 valence electrons. The Balaban J connectivity index is 3.06. The number of benzene rings is 1. The lowest BCUT2D eigenvalue weighted by molar-refractivity contribution is -0.114. The maximum atomic E-state index is 11.5. The monoisotopic (exact) mass is 253 g/mol. The zero-order valence-electron chi connectivity index (χ0n) is 8.03. The number of hydrogen-bond acceptors (Lipinski definition) is 1. The van der Waals surface area contributed by atoms with E-state index in [1.807, 2.05) is 31.2 Å². The average Bonchev–Trinajstić information content (AvgIpc) is 2.21. The normalized spacial score (nSPS) is 9.57. The van der Waals surface area contributed by atoms with Crippen LogP contribution in [0.2, 0.25) is 0 Å². The summed E-state index contributed by atoms with van der Waals surface area (Å²) in [4.78, 5) is 13.1. The van der Waals surface area contributed by atoms with E-state index in [9.17, 15) is 4.79 Å². The van der Waals surface area contributed by atoms with E-state index < -0.39 is 0 Å². The van der Waals surface area contributed by atoms with Gasteiger partial charge in [0.15, 0.2) is 0 Å². The number of rotatable bonds is 3. The molecule has 0 aliphatic heterocycles. The number of anilines is 1. The molecule has 1 rings (SSSR count). The van der Waals surface area contributed by atoms with Crippen molar-refractivity contribution in [3.63, 3.8) is 0 Å². The first-order valence-corrected chi connectivity index (χ1v) is 5.18. The molecule has 0 bridgehead atoms. The molecule has 0 heterocycles. The third-order valence-corrected chi connectivity index (χ3v) is 2.57. The van der Waals surface area contributed by atoms with Crippen LogP contribution in [-0.2, 0) is 4.79 Å². The molecule has 0 fully saturated rings. The molecule has 0 spiro atoms. The van der Waals surface area contributed by atoms with E-state index in [2.05, 4.69) is 22.5 Å². The van der Waals surface area contributed by atoms with Crippen molar-refractivity contribution in [1.29, 1.82) is 0 Å². The third-order valence-electron chi connectivity index (χ3n) is 1.90. The Morgan fingerprint density at radius 3 is 2.71 bits per heavy atom. The number of likely N-dealkylation sites (N-methyl/N-ethyl adjacent to an activating group) is 1. The Morgan fingerprint density at radius 2 is 2.21 bits per heavy atom. The molecule has 0 aromatic heterocycles. The summed E-state index contributed by atoms with van der Waals surface area (Å²) in [6.45, 7) is 6.04. The van der Waals surface area contributed by atoms with Gasteiger partial charge in [-0.1, -0.05) is 18.7 Å². The van der Waals surface area contributed by atoms with Crippen molar-refractivity contribution in [2.24, 2.45) is 0 Å². The highest BCUT2D eigenvalue weighted by atomic mass is 79.9. The van der Waals surface area contributed by atoms with Crippen LogP contribution in [0.5, 0.6) is 0 Å². The van der Waals surface area contributed by atoms with Gasteiger partial charge in [0.1, 0.15) is 0 Å². The second-order valence-electron chi connectivity index (χ2n) is 2.74. The van der Waals surface area contributed by atoms with E-state index in [-0.39, 0.29) is 5.91 Å². The Labute approximate surface area is 92.4 Å². The van der Waals surface area contributed by atoms with Gasteiger partial charge in [-0.15, -0.1) is 0 Å². The summed E-state index contributed by atoms with van der Waals surface area (Å²) >= 11 is 3.41. The zero-order chi connectivity index (χ0) is 10.6. The fourth-order valence-corrected chi connectivity index (χ4v) is 1.72. The summed E-state index contributed by atoms with van der Waals surface area (Å²) in [6, 6.07) is 7.63. The van der Waals surface area contributed by atoms with Gasteiger partial charge in [0.05, 0.1) is 5.69 Å². The molecule has 0 aliphatic carbocycles. The standard InChI is InChI=1S/C11H12BrNO/c1-3-11(14)13(4-2)10-8-6-5-7-9(10)12/h3,5-8H,1,4H2,2H3. The predicted octanol–water partition coefficient (Wildman–Crippen LogP) is 2.99. The van der Waals surface area contributed by atoms with Gasteiger partial charge in [-0.05, 0) is 41.1 Å². The van der Waals surface area contributed by atoms with Crippen molar-refractivity contribution in [2.75, 3.05) is 11.4 Å². The van der Waals surface area contributed by atoms with Crippen LogP contribution in [0.4, 0.5) is 5.69 Å². The minimum absolute atomic E-state index is 0.0839. The minimum atomic E-state index is -0.0839. The summed E-state index contributed by atoms with van der Waals surface area (Å²) in [5, 5.41) is 0. The van der Waals surface area contributed by atoms with Crippen LogP contribution in [0.3, 0.4) is 0 Å². The summed E-state index contributed by atoms with van der Waals surface area (Å²) < 4.78 is 0.914. The lowest BCUT2D eigenvalue weighted by atomic mass is 10.3. The van der Waals surface area contributed by atoms with Gasteiger partial charge in [0.25, 0.3) is 0 Å². The molecule has 1 aromatic carbocycles. The van der Waals surface area contributed by atoms with Crippen molar-refractivity contribution >= 4 is 27.5 Å². The van der Waals surface area contributed by atoms with Crippen molar-refractivity contribution in [3.8, 4) is 0 Å². The van der Waals surface area contributed by atoms with Crippen molar-refractivity contribution in [1.82, 2.24) is 0 Å². The molecule has 0 radical (unpaired) electrons. The average molecular weight is 254 g/mol. The molecule has 0 N–H and O–H groups in total. The Bertz CT molecular complexity index is 349. The van der Waals surface area contributed by atoms with Crippen molar-refractivity contribution in [3.05, 3.63) is 41.4 Å². The predicted molar refractivity (Wildman–Crippen MR) is 62.4 cm³/mol. The van der Waals surface area contributed by atoms with E-state index in [1.165, 1.54) is 6.08 Å². The smallest absolute Gasteiger partial charge is 0.250 e. The highest BCUT2D eigenvalue weighted by Gasteiger charge is 2.12. The van der Waals surface area contributed by atoms with Crippen LogP contribution in [0, 0.1) is 0 Å². The molecule has 14 heavy (non-hydrogen) atoms. The molecular formula is C11H12BrNO. The van der Waals surface area contributed by atoms with Gasteiger partial charge in [-0.3, -0.25) is 4.79 Å². The second kappa shape index (κ2) is 4.96. The number of para-hydroxylation sites is 1. The second-order valence-corrected chi connectivity index (χ2v) is 3.59. The molecule has 2 nitrogen and oxygen atoms in total. The largest absolute Gasteiger partial charge is 0.308 e. The minimum Gasteiger partial charge on any atom is -0.308 e. The van der Waals surface area contributed by atoms with Crippen molar-refractivity contribution in [2.45, 2.75) is 6.92 Å². The van der Waals surface area contributed by atoms with Gasteiger partial charge in [0.2, 0.25) is 5.91 Å². The molecule has 1 aromatic rings. The maximum absolute atomic E-state index is 11.5. The third kappa shape index (κ3) is 2.23. The van der Waals surface area contributed by atoms with Gasteiger partial charge in [0, 0.05) is 11.0 Å². The van der Waals surface area contributed by atoms with Crippen LogP contribution < -0.4 is 4.90 Å². The number of carbonyl (C=O) groups excluding carboxylic acids is 1. The van der Waals surface area contributed by atoms with Gasteiger partial charge in [-0.2, -0.15) is 0 Å². The summed E-state index contributed by atoms with van der Waals surface area (Å²) in [5.41, 5.74) is 0.875. The molecule has 0 atom stereocenters. The highest BCUT2D eigenvalue weighted by molar-refractivity contribution is 9.10. The zero-order valence-corrected chi connectivity index (χ0v) is 9.62. The fraction of sp³-hybridized carbons (Fsp3) is 0.182. The van der Waals surface area contributed by atoms with E-state index in [1.54, 1.807) is 4.90 Å². The summed E-state index contributed by atoms with van der Waals surface area (Å²) in [6.07, 6.45) is 1.32. The number of amides is 1. The number of nitrogens with zero attached hydrogens (tertiary/aromatic N) is 1. The van der Waals surface area contributed by atoms with E-state index >= 15 is 0 Å². The number of hydrogen-bond donors (Lipinski definition) is 0. The van der Waals surface area contributed by atoms with Gasteiger partial charge < -0.3 is 4.90 Å². The van der Waals surface area contributed by atoms with Gasteiger partial charge in [-0.25, -0.2) is 0 Å². The number of halogens is 1.